The maximum absolute atomic E-state index is 6.38. The topological polar surface area (TPSA) is 37.0 Å². The summed E-state index contributed by atoms with van der Waals surface area (Å²) in [5.41, 5.74) is 1.13. The fourth-order valence-corrected chi connectivity index (χ4v) is 3.77. The Morgan fingerprint density at radius 1 is 1.14 bits per heavy atom. The summed E-state index contributed by atoms with van der Waals surface area (Å²) in [5, 5.41) is 4.22. The van der Waals surface area contributed by atoms with Gasteiger partial charge in [-0.1, -0.05) is 11.6 Å². The average Bonchev–Trinajstić information content (AvgIpc) is 3.19. The number of nitrogens with zero attached hydrogens (tertiary/aromatic N) is 2. The van der Waals surface area contributed by atoms with E-state index in [-0.39, 0.29) is 0 Å². The minimum Gasteiger partial charge on any atom is -0.454 e. The van der Waals surface area contributed by atoms with Crippen molar-refractivity contribution in [2.45, 2.75) is 19.0 Å². The number of halogens is 1. The van der Waals surface area contributed by atoms with Crippen molar-refractivity contribution < 1.29 is 9.47 Å². The second-order valence-corrected chi connectivity index (χ2v) is 6.66. The van der Waals surface area contributed by atoms with Crippen molar-refractivity contribution in [2.24, 2.45) is 0 Å². The average molecular weight is 324 g/mol. The largest absolute Gasteiger partial charge is 0.454 e. The third-order valence-corrected chi connectivity index (χ3v) is 5.24. The summed E-state index contributed by atoms with van der Waals surface area (Å²) in [6.45, 7) is 7.98. The lowest BCUT2D eigenvalue weighted by molar-refractivity contribution is 0.0981. The van der Waals surface area contributed by atoms with Crippen molar-refractivity contribution >= 4 is 11.6 Å². The number of nitrogens with one attached hydrogen (secondary N) is 1. The van der Waals surface area contributed by atoms with Crippen LogP contribution in [0.4, 0.5) is 0 Å². The van der Waals surface area contributed by atoms with Gasteiger partial charge in [-0.15, -0.1) is 0 Å². The van der Waals surface area contributed by atoms with E-state index >= 15 is 0 Å². The fourth-order valence-electron chi connectivity index (χ4n) is 3.56. The van der Waals surface area contributed by atoms with Crippen LogP contribution >= 0.6 is 11.6 Å². The van der Waals surface area contributed by atoms with Crippen molar-refractivity contribution in [2.75, 3.05) is 46.1 Å². The molecule has 5 nitrogen and oxygen atoms in total. The Labute approximate surface area is 136 Å². The van der Waals surface area contributed by atoms with Crippen molar-refractivity contribution in [1.82, 2.24) is 15.1 Å². The first-order valence-corrected chi connectivity index (χ1v) is 8.42. The van der Waals surface area contributed by atoms with Gasteiger partial charge in [0.25, 0.3) is 0 Å². The first-order chi connectivity index (χ1) is 10.8. The van der Waals surface area contributed by atoms with E-state index in [1.807, 2.05) is 12.1 Å². The lowest BCUT2D eigenvalue weighted by Gasteiger charge is -2.37. The highest BCUT2D eigenvalue weighted by molar-refractivity contribution is 6.31. The van der Waals surface area contributed by atoms with Crippen molar-refractivity contribution in [3.05, 3.63) is 22.7 Å². The minimum atomic E-state index is 0.295. The third-order valence-electron chi connectivity index (χ3n) is 4.89. The van der Waals surface area contributed by atoms with E-state index < -0.39 is 0 Å². The van der Waals surface area contributed by atoms with Crippen LogP contribution in [-0.2, 0) is 6.54 Å². The maximum atomic E-state index is 6.38. The van der Waals surface area contributed by atoms with E-state index in [1.165, 1.54) is 6.42 Å². The molecule has 1 atom stereocenters. The van der Waals surface area contributed by atoms with Gasteiger partial charge in [0.1, 0.15) is 0 Å². The maximum Gasteiger partial charge on any atom is 0.231 e. The number of ether oxygens (including phenoxy) is 2. The third kappa shape index (κ3) is 2.91. The van der Waals surface area contributed by atoms with Gasteiger partial charge in [-0.25, -0.2) is 0 Å². The molecule has 0 saturated carbocycles. The second-order valence-electron chi connectivity index (χ2n) is 6.26. The molecule has 120 valence electrons. The lowest BCUT2D eigenvalue weighted by Crippen LogP contribution is -2.50. The van der Waals surface area contributed by atoms with E-state index in [0.29, 0.717) is 6.79 Å². The van der Waals surface area contributed by atoms with E-state index in [9.17, 15) is 0 Å². The molecule has 3 aliphatic heterocycles. The Kier molecular flexibility index (Phi) is 4.13. The summed E-state index contributed by atoms with van der Waals surface area (Å²) in [4.78, 5) is 5.10. The van der Waals surface area contributed by atoms with Crippen LogP contribution in [0, 0.1) is 0 Å². The molecule has 0 unspecified atom stereocenters. The molecule has 1 aromatic rings. The molecule has 2 saturated heterocycles. The smallest absolute Gasteiger partial charge is 0.231 e. The second kappa shape index (κ2) is 6.24. The highest BCUT2D eigenvalue weighted by Crippen LogP contribution is 2.37. The lowest BCUT2D eigenvalue weighted by atomic mass is 10.1. The Balaban J connectivity index is 1.36. The molecule has 0 aliphatic carbocycles. The predicted molar refractivity (Wildman–Crippen MR) is 85.7 cm³/mol. The van der Waals surface area contributed by atoms with Crippen molar-refractivity contribution in [3.8, 4) is 11.5 Å². The first-order valence-electron chi connectivity index (χ1n) is 8.05. The van der Waals surface area contributed by atoms with Crippen LogP contribution in [0.15, 0.2) is 12.1 Å². The monoisotopic (exact) mass is 323 g/mol. The van der Waals surface area contributed by atoms with Crippen LogP contribution in [0.3, 0.4) is 0 Å². The molecule has 6 heteroatoms. The zero-order valence-corrected chi connectivity index (χ0v) is 13.4. The Morgan fingerprint density at radius 3 is 2.64 bits per heavy atom. The molecule has 1 N–H and O–H groups in total. The van der Waals surface area contributed by atoms with Gasteiger partial charge in [0, 0.05) is 56.4 Å². The first kappa shape index (κ1) is 14.6. The SMILES string of the molecule is Clc1cc2c(cc1CN1CCN([C@@H]3CCNC3)CC1)OCO2. The number of hydrogen-bond donors (Lipinski definition) is 1. The van der Waals surface area contributed by atoms with Crippen LogP contribution in [0.25, 0.3) is 0 Å². The van der Waals surface area contributed by atoms with Crippen LogP contribution in [0.1, 0.15) is 12.0 Å². The molecule has 2 fully saturated rings. The molecule has 22 heavy (non-hydrogen) atoms. The van der Waals surface area contributed by atoms with Crippen molar-refractivity contribution in [1.29, 1.82) is 0 Å². The quantitative estimate of drug-likeness (QED) is 0.913. The summed E-state index contributed by atoms with van der Waals surface area (Å²) in [7, 11) is 0. The molecule has 0 spiro atoms. The molecular weight excluding hydrogens is 302 g/mol. The summed E-state index contributed by atoms with van der Waals surface area (Å²) in [6, 6.07) is 4.63. The molecule has 1 aromatic carbocycles. The fraction of sp³-hybridized carbons (Fsp3) is 0.625. The minimum absolute atomic E-state index is 0.295. The summed E-state index contributed by atoms with van der Waals surface area (Å²) in [6.07, 6.45) is 1.29. The van der Waals surface area contributed by atoms with Gasteiger partial charge < -0.3 is 14.8 Å². The normalized spacial score (nSPS) is 25.8. The van der Waals surface area contributed by atoms with Gasteiger partial charge in [0.2, 0.25) is 6.79 Å². The standard InChI is InChI=1S/C16H22ClN3O2/c17-14-8-16-15(21-11-22-16)7-12(14)10-19-3-5-20(6-4-19)13-1-2-18-9-13/h7-8,13,18H,1-6,9-11H2/t13-/m1/s1. The molecule has 0 radical (unpaired) electrons. The molecule has 3 heterocycles. The van der Waals surface area contributed by atoms with Gasteiger partial charge in [0.05, 0.1) is 0 Å². The van der Waals surface area contributed by atoms with E-state index in [4.69, 9.17) is 21.1 Å². The van der Waals surface area contributed by atoms with E-state index in [1.54, 1.807) is 0 Å². The van der Waals surface area contributed by atoms with Gasteiger partial charge in [-0.05, 0) is 24.6 Å². The van der Waals surface area contributed by atoms with Crippen molar-refractivity contribution in [3.63, 3.8) is 0 Å². The summed E-state index contributed by atoms with van der Waals surface area (Å²) >= 11 is 6.38. The number of hydrogen-bond acceptors (Lipinski definition) is 5. The van der Waals surface area contributed by atoms with Gasteiger partial charge in [-0.3, -0.25) is 9.80 Å². The van der Waals surface area contributed by atoms with Gasteiger partial charge >= 0.3 is 0 Å². The van der Waals surface area contributed by atoms with Crippen LogP contribution < -0.4 is 14.8 Å². The number of rotatable bonds is 3. The zero-order chi connectivity index (χ0) is 14.9. The Bertz CT molecular complexity index is 540. The number of fused-ring (bicyclic) bond motifs is 1. The van der Waals surface area contributed by atoms with E-state index in [2.05, 4.69) is 15.1 Å². The van der Waals surface area contributed by atoms with Gasteiger partial charge in [0.15, 0.2) is 11.5 Å². The summed E-state index contributed by atoms with van der Waals surface area (Å²) < 4.78 is 10.8. The molecule has 0 bridgehead atoms. The predicted octanol–water partition coefficient (Wildman–Crippen LogP) is 1.55. The summed E-state index contributed by atoms with van der Waals surface area (Å²) in [5.74, 6) is 1.57. The molecule has 0 aromatic heterocycles. The highest BCUT2D eigenvalue weighted by atomic mass is 35.5. The van der Waals surface area contributed by atoms with Crippen LogP contribution in [0.5, 0.6) is 11.5 Å². The van der Waals surface area contributed by atoms with E-state index in [0.717, 1.165) is 73.9 Å². The molecular formula is C16H22ClN3O2. The van der Waals surface area contributed by atoms with Crippen LogP contribution in [0.2, 0.25) is 5.02 Å². The Hall–Kier alpha value is -1.01. The molecule has 4 rings (SSSR count). The highest BCUT2D eigenvalue weighted by Gasteiger charge is 2.26. The van der Waals surface area contributed by atoms with Gasteiger partial charge in [-0.2, -0.15) is 0 Å². The Morgan fingerprint density at radius 2 is 1.91 bits per heavy atom. The molecule has 3 aliphatic rings. The number of benzene rings is 1. The number of piperazine rings is 1. The zero-order valence-electron chi connectivity index (χ0n) is 12.7. The van der Waals surface area contributed by atoms with Crippen LogP contribution in [-0.4, -0.2) is 61.9 Å². The molecule has 0 amide bonds.